The molecule has 4 aromatic heterocycles. The number of para-hydroxylation sites is 2. The van der Waals surface area contributed by atoms with Crippen LogP contribution in [0.15, 0.2) is 61.2 Å². The van der Waals surface area contributed by atoms with Crippen LogP contribution in [0, 0.1) is 0 Å². The van der Waals surface area contributed by atoms with E-state index in [1.54, 1.807) is 73.2 Å². The van der Waals surface area contributed by atoms with Crippen LogP contribution < -0.4 is 28.4 Å². The standard InChI is InChI=1S/2C24H31N5O7S/c2*1-15(17-11-26-22(34-5)12-25-17)16(2)37(30,31)14-21-27-28-24(20-13-35-9-10-36-20)29(21)23-18(32-3)7-6-8-19(23)33-4/h2*6-8,11-12,15-16,20H,9-10,13-14H2,1-5H3/t15-,16-,20+;15-,16-,20-/m00/s1. The van der Waals surface area contributed by atoms with E-state index in [-0.39, 0.29) is 36.4 Å². The number of benzene rings is 2. The highest BCUT2D eigenvalue weighted by atomic mass is 32.2. The molecule has 0 bridgehead atoms. The van der Waals surface area contributed by atoms with E-state index >= 15 is 0 Å². The summed E-state index contributed by atoms with van der Waals surface area (Å²) in [6.07, 6.45) is 4.89. The van der Waals surface area contributed by atoms with E-state index < -0.39 is 54.2 Å². The molecular weight excluding hydrogens is 1000 g/mol. The molecule has 2 fully saturated rings. The van der Waals surface area contributed by atoms with E-state index in [2.05, 4.69) is 40.3 Å². The van der Waals surface area contributed by atoms with E-state index in [1.807, 2.05) is 0 Å². The van der Waals surface area contributed by atoms with Crippen molar-refractivity contribution in [2.75, 3.05) is 82.3 Å². The lowest BCUT2D eigenvalue weighted by Crippen LogP contribution is -2.28. The van der Waals surface area contributed by atoms with Crippen molar-refractivity contribution in [3.8, 4) is 46.1 Å². The van der Waals surface area contributed by atoms with Crippen molar-refractivity contribution in [1.82, 2.24) is 49.5 Å². The van der Waals surface area contributed by atoms with Gasteiger partial charge in [0.2, 0.25) is 11.8 Å². The molecule has 2 aliphatic rings. The van der Waals surface area contributed by atoms with E-state index in [9.17, 15) is 16.8 Å². The number of aromatic nitrogens is 10. The van der Waals surface area contributed by atoms with Crippen LogP contribution in [0.25, 0.3) is 11.4 Å². The summed E-state index contributed by atoms with van der Waals surface area (Å²) in [5.74, 6) is 2.12. The Morgan fingerprint density at radius 1 is 0.514 bits per heavy atom. The Bertz CT molecular complexity index is 2770. The first-order valence-electron chi connectivity index (χ1n) is 23.5. The molecule has 8 rings (SSSR count). The molecule has 26 heteroatoms. The maximum absolute atomic E-state index is 13.6. The second kappa shape index (κ2) is 24.6. The number of nitrogens with zero attached hydrogens (tertiary/aromatic N) is 10. The zero-order valence-electron chi connectivity index (χ0n) is 42.9. The number of hydrogen-bond acceptors (Lipinski definition) is 22. The highest BCUT2D eigenvalue weighted by Gasteiger charge is 2.36. The predicted molar refractivity (Wildman–Crippen MR) is 266 cm³/mol. The first-order valence-corrected chi connectivity index (χ1v) is 26.9. The van der Waals surface area contributed by atoms with Gasteiger partial charge in [-0.15, -0.1) is 20.4 Å². The summed E-state index contributed by atoms with van der Waals surface area (Å²) in [7, 11) is 1.61. The van der Waals surface area contributed by atoms with Gasteiger partial charge in [0, 0.05) is 11.8 Å². The Labute approximate surface area is 429 Å². The van der Waals surface area contributed by atoms with Crippen LogP contribution in [0.4, 0.5) is 0 Å². The quantitative estimate of drug-likeness (QED) is 0.101. The molecule has 6 heterocycles. The maximum Gasteiger partial charge on any atom is 0.231 e. The van der Waals surface area contributed by atoms with Crippen molar-refractivity contribution in [3.05, 3.63) is 95.9 Å². The lowest BCUT2D eigenvalue weighted by molar-refractivity contribution is -0.0942. The number of methoxy groups -OCH3 is 6. The Kier molecular flexibility index (Phi) is 18.4. The van der Waals surface area contributed by atoms with Crippen molar-refractivity contribution < 1.29 is 64.2 Å². The van der Waals surface area contributed by atoms with Crippen LogP contribution in [0.5, 0.6) is 34.8 Å². The summed E-state index contributed by atoms with van der Waals surface area (Å²) in [6.45, 7) is 9.09. The van der Waals surface area contributed by atoms with Crippen molar-refractivity contribution in [1.29, 1.82) is 0 Å². The normalized spacial score (nSPS) is 17.7. The molecule has 6 atom stereocenters. The van der Waals surface area contributed by atoms with Gasteiger partial charge in [0.05, 0.1) is 129 Å². The molecule has 24 nitrogen and oxygen atoms in total. The molecule has 2 saturated heterocycles. The van der Waals surface area contributed by atoms with Crippen LogP contribution in [-0.4, -0.2) is 159 Å². The molecule has 0 saturated carbocycles. The van der Waals surface area contributed by atoms with Crippen molar-refractivity contribution in [3.63, 3.8) is 0 Å². The minimum atomic E-state index is -3.74. The zero-order chi connectivity index (χ0) is 53.2. The lowest BCUT2D eigenvalue weighted by Gasteiger charge is -2.25. The molecule has 0 unspecified atom stereocenters. The van der Waals surface area contributed by atoms with E-state index in [0.717, 1.165) is 0 Å². The monoisotopic (exact) mass is 1070 g/mol. The number of rotatable bonds is 20. The van der Waals surface area contributed by atoms with E-state index in [4.69, 9.17) is 47.4 Å². The van der Waals surface area contributed by atoms with Crippen molar-refractivity contribution >= 4 is 19.7 Å². The Balaban J connectivity index is 0.000000216. The fourth-order valence-electron chi connectivity index (χ4n) is 8.19. The van der Waals surface area contributed by atoms with Crippen LogP contribution in [-0.2, 0) is 50.1 Å². The SMILES string of the molecule is COc1cnc([C@@H](C)[C@H](C)S(=O)(=O)Cc2nnc([C@@H]3COCCO3)n2-c2c(OC)cccc2OC)cn1.COc1cnc([C@@H](C)[C@H](C)S(=O)(=O)Cc2nnc([C@H]3COCCO3)n2-c2c(OC)cccc2OC)cn1. The summed E-state index contributed by atoms with van der Waals surface area (Å²) in [6, 6.07) is 10.6. The Hall–Kier alpha value is -6.58. The topological polar surface area (TPSA) is 274 Å². The fourth-order valence-corrected chi connectivity index (χ4v) is 11.3. The zero-order valence-corrected chi connectivity index (χ0v) is 44.5. The number of sulfone groups is 2. The minimum Gasteiger partial charge on any atom is -0.494 e. The minimum absolute atomic E-state index is 0.201. The van der Waals surface area contributed by atoms with E-state index in [1.165, 1.54) is 67.4 Å². The van der Waals surface area contributed by atoms with Gasteiger partial charge >= 0.3 is 0 Å². The predicted octanol–water partition coefficient (Wildman–Crippen LogP) is 4.56. The van der Waals surface area contributed by atoms with Gasteiger partial charge in [-0.05, 0) is 38.1 Å². The van der Waals surface area contributed by atoms with Gasteiger partial charge in [-0.2, -0.15) is 0 Å². The third-order valence-corrected chi connectivity index (χ3v) is 17.2. The summed E-state index contributed by atoms with van der Waals surface area (Å²) >= 11 is 0. The number of hydrogen-bond donors (Lipinski definition) is 0. The smallest absolute Gasteiger partial charge is 0.231 e. The molecule has 6 aromatic rings. The van der Waals surface area contributed by atoms with E-state index in [0.29, 0.717) is 95.6 Å². The maximum atomic E-state index is 13.6. The third kappa shape index (κ3) is 12.2. The third-order valence-electron chi connectivity index (χ3n) is 12.8. The summed E-state index contributed by atoms with van der Waals surface area (Å²) in [5.41, 5.74) is 2.04. The van der Waals surface area contributed by atoms with Crippen molar-refractivity contribution in [2.24, 2.45) is 0 Å². The molecule has 2 aliphatic heterocycles. The molecule has 74 heavy (non-hydrogen) atoms. The van der Waals surface area contributed by atoms with Crippen LogP contribution in [0.3, 0.4) is 0 Å². The van der Waals surface area contributed by atoms with Crippen molar-refractivity contribution in [2.45, 2.75) is 73.7 Å². The molecule has 0 spiro atoms. The van der Waals surface area contributed by atoms with Gasteiger partial charge in [0.25, 0.3) is 0 Å². The Morgan fingerprint density at radius 3 is 1.16 bits per heavy atom. The molecule has 400 valence electrons. The number of ether oxygens (including phenoxy) is 10. The summed E-state index contributed by atoms with van der Waals surface area (Å²) in [5, 5.41) is 15.6. The highest BCUT2D eigenvalue weighted by Crippen LogP contribution is 2.39. The van der Waals surface area contributed by atoms with Crippen LogP contribution >= 0.6 is 0 Å². The molecule has 0 amide bonds. The first kappa shape index (κ1) is 55.2. The summed E-state index contributed by atoms with van der Waals surface area (Å²) in [4.78, 5) is 16.9. The Morgan fingerprint density at radius 2 is 0.878 bits per heavy atom. The van der Waals surface area contributed by atoms with Gasteiger partial charge in [0.1, 0.15) is 58.1 Å². The highest BCUT2D eigenvalue weighted by molar-refractivity contribution is 7.91. The second-order valence-corrected chi connectivity index (χ2v) is 21.8. The van der Waals surface area contributed by atoms with Crippen LogP contribution in [0.1, 0.15) is 86.4 Å². The largest absolute Gasteiger partial charge is 0.494 e. The first-order chi connectivity index (χ1) is 35.6. The fraction of sp³-hybridized carbons (Fsp3) is 0.500. The van der Waals surface area contributed by atoms with Gasteiger partial charge in [-0.25, -0.2) is 26.8 Å². The lowest BCUT2D eigenvalue weighted by atomic mass is 10.1. The van der Waals surface area contributed by atoms with Gasteiger partial charge in [0.15, 0.2) is 43.0 Å². The molecule has 0 aliphatic carbocycles. The van der Waals surface area contributed by atoms with Gasteiger partial charge in [-0.1, -0.05) is 26.0 Å². The molecule has 2 aromatic carbocycles. The molecular formula is C48H62N10O14S2. The van der Waals surface area contributed by atoms with Crippen LogP contribution in [0.2, 0.25) is 0 Å². The van der Waals surface area contributed by atoms with Gasteiger partial charge < -0.3 is 47.4 Å². The average molecular weight is 1070 g/mol. The summed E-state index contributed by atoms with van der Waals surface area (Å²) < 4.78 is 113. The molecule has 0 N–H and O–H groups in total. The molecule has 0 radical (unpaired) electrons. The average Bonchev–Trinajstić information content (AvgIpc) is 4.05. The second-order valence-electron chi connectivity index (χ2n) is 17.1. The van der Waals surface area contributed by atoms with Gasteiger partial charge in [-0.3, -0.25) is 19.1 Å².